The van der Waals surface area contributed by atoms with E-state index in [-0.39, 0.29) is 52.9 Å². The lowest BCUT2D eigenvalue weighted by atomic mass is 9.90. The van der Waals surface area contributed by atoms with E-state index < -0.39 is 60.7 Å². The van der Waals surface area contributed by atoms with Crippen LogP contribution < -0.4 is 0 Å². The Morgan fingerprint density at radius 3 is 0.393 bits per heavy atom. The maximum absolute atomic E-state index is 7.54. The summed E-state index contributed by atoms with van der Waals surface area (Å²) in [7, 11) is -13.3. The zero-order chi connectivity index (χ0) is 68.5. The lowest BCUT2D eigenvalue weighted by molar-refractivity contribution is -0.140. The van der Waals surface area contributed by atoms with Crippen molar-refractivity contribution in [3.63, 3.8) is 0 Å². The van der Waals surface area contributed by atoms with Crippen molar-refractivity contribution in [1.29, 1.82) is 0 Å². The van der Waals surface area contributed by atoms with Gasteiger partial charge in [-0.2, -0.15) is 0 Å². The van der Waals surface area contributed by atoms with E-state index in [0.717, 1.165) is 142 Å². The molecule has 19 heteroatoms. The fourth-order valence-electron chi connectivity index (χ4n) is 10.9. The summed E-state index contributed by atoms with van der Waals surface area (Å²) >= 11 is 0. The summed E-state index contributed by atoms with van der Waals surface area (Å²) < 4.78 is 93.8. The van der Waals surface area contributed by atoms with Crippen LogP contribution in [0.15, 0.2) is 69.1 Å². The van der Waals surface area contributed by atoms with Gasteiger partial charge in [-0.05, 0) is 192 Å². The monoisotopic (exact) mass is 1360 g/mol. The molecule has 0 aliphatic rings. The van der Waals surface area contributed by atoms with E-state index in [1.807, 2.05) is 0 Å². The average molecular weight is 1360 g/mol. The fourth-order valence-corrected chi connectivity index (χ4v) is 26.5. The highest BCUT2D eigenvalue weighted by atomic mass is 28.4. The highest BCUT2D eigenvalue weighted by molar-refractivity contribution is 6.75. The third-order valence-electron chi connectivity index (χ3n) is 19.8. The number of hydrogen-bond donors (Lipinski definition) is 0. The van der Waals surface area contributed by atoms with Gasteiger partial charge in [0.2, 0.25) is 0 Å². The first-order valence-corrected chi connectivity index (χ1v) is 50.6. The maximum Gasteiger partial charge on any atom is 0.263 e. The van der Waals surface area contributed by atoms with Gasteiger partial charge in [0, 0.05) is 33.4 Å². The molecule has 0 atom stereocenters. The maximum atomic E-state index is 7.54. The molecule has 0 aromatic carbocycles. The predicted octanol–water partition coefficient (Wildman–Crippen LogP) is 22.7. The quantitative estimate of drug-likeness (QED) is 0.0425. The van der Waals surface area contributed by atoms with Gasteiger partial charge in [-0.1, -0.05) is 125 Å². The molecule has 0 spiro atoms. The van der Waals surface area contributed by atoms with E-state index >= 15 is 0 Å². The molecule has 89 heavy (non-hydrogen) atoms. The van der Waals surface area contributed by atoms with Gasteiger partial charge in [0.1, 0.15) is 39.6 Å². The Bertz CT molecular complexity index is 1760. The zero-order valence-electron chi connectivity index (χ0n) is 63.7. The molecule has 0 unspecified atom stereocenters. The lowest BCUT2D eigenvalue weighted by Crippen LogP contribution is -2.47. The van der Waals surface area contributed by atoms with Crippen LogP contribution >= 0.6 is 0 Å². The van der Waals surface area contributed by atoms with Crippen LogP contribution in [0.2, 0.25) is 109 Å². The Balaban J connectivity index is 9.35. The van der Waals surface area contributed by atoms with E-state index in [4.69, 9.17) is 59.7 Å². The second-order valence-corrected chi connectivity index (χ2v) is 55.2. The van der Waals surface area contributed by atoms with Crippen LogP contribution in [0, 0.1) is 10.8 Å². The highest BCUT2D eigenvalue weighted by Gasteiger charge is 2.45. The molecule has 13 nitrogen and oxygen atoms in total. The molecule has 0 aliphatic heterocycles. The van der Waals surface area contributed by atoms with E-state index in [2.05, 4.69) is 208 Å². The lowest BCUT2D eigenvalue weighted by Gasteiger charge is -2.40. The molecule has 0 aromatic heterocycles. The van der Waals surface area contributed by atoms with Gasteiger partial charge < -0.3 is 59.7 Å². The molecule has 0 heterocycles. The second-order valence-electron chi connectivity index (χ2n) is 27.0. The molecule has 0 saturated carbocycles. The molecule has 0 fully saturated rings. The summed E-state index contributed by atoms with van der Waals surface area (Å²) in [5, 5.41) is 0. The summed E-state index contributed by atoms with van der Waals surface area (Å²) in [6.45, 7) is 66.3. The molecule has 0 aromatic rings. The van der Waals surface area contributed by atoms with Gasteiger partial charge in [-0.3, -0.25) is 0 Å². The molecule has 0 rings (SSSR count). The topological polar surface area (TPSA) is 120 Å². The second kappa shape index (κ2) is 41.9. The molecule has 0 aliphatic carbocycles. The minimum atomic E-state index is -2.22. The fraction of sp³-hybridized carbons (Fsp3) is 0.829. The Morgan fingerprint density at radius 1 is 0.191 bits per heavy atom. The molecule has 0 bridgehead atoms. The Kier molecular flexibility index (Phi) is 40.6. The smallest absolute Gasteiger partial charge is 0.263 e. The average Bonchev–Trinajstić information content (AvgIpc) is 3.59. The van der Waals surface area contributed by atoms with Crippen LogP contribution in [0.5, 0.6) is 0 Å². The molecule has 0 N–H and O–H groups in total. The number of rotatable bonds is 52. The largest absolute Gasteiger partial charge is 0.519 e. The van der Waals surface area contributed by atoms with Crippen LogP contribution in [-0.2, 0) is 59.7 Å². The van der Waals surface area contributed by atoms with Gasteiger partial charge in [-0.15, -0.1) is 0 Å². The molecule has 0 radical (unpaired) electrons. The van der Waals surface area contributed by atoms with Gasteiger partial charge >= 0.3 is 0 Å². The summed E-state index contributed by atoms with van der Waals surface area (Å²) in [6.07, 6.45) is 0. The van der Waals surface area contributed by atoms with Crippen molar-refractivity contribution in [3.8, 4) is 0 Å². The third kappa shape index (κ3) is 26.6. The summed E-state index contributed by atoms with van der Waals surface area (Å²) in [4.78, 5) is 0. The molecule has 0 amide bonds. The summed E-state index contributed by atoms with van der Waals surface area (Å²) in [5.41, 5.74) is 3.75. The Hall–Kier alpha value is -2.70. The first-order valence-electron chi connectivity index (χ1n) is 35.4. The Labute approximate surface area is 555 Å². The highest BCUT2D eigenvalue weighted by Crippen LogP contribution is 2.38. The Morgan fingerprint density at radius 2 is 0.303 bits per heavy atom. The molecular formula is C70H142O13Si6. The number of ether oxygens (including phenoxy) is 7. The van der Waals surface area contributed by atoms with Crippen molar-refractivity contribution in [2.24, 2.45) is 10.8 Å². The van der Waals surface area contributed by atoms with Crippen LogP contribution in [0.3, 0.4) is 0 Å². The SMILES string of the molecule is CC[Si](CC)(CC)OC(OCC(COCC(COC(O[Si](CC)(CC)CC)=C(C)C)(COC(O[Si](CC)(CC)CC)=C(C)C)COC(O[Si](CC)(CC)CC)=C(C)C)(COC(O[Si](CC)(CC)CC)=C(C)C)COC(O[Si](CC)(CC)CC)=C(C)C)=C(C)C. The van der Waals surface area contributed by atoms with Crippen molar-refractivity contribution >= 4 is 49.9 Å². The predicted molar refractivity (Wildman–Crippen MR) is 391 cm³/mol. The normalized spacial score (nSPS) is 12.5. The summed E-state index contributed by atoms with van der Waals surface area (Å²) in [6, 6.07) is 17.3. The molecule has 0 saturated heterocycles. The van der Waals surface area contributed by atoms with Gasteiger partial charge in [0.15, 0.2) is 0 Å². The molecule has 524 valence electrons. The van der Waals surface area contributed by atoms with Gasteiger partial charge in [0.25, 0.3) is 85.6 Å². The van der Waals surface area contributed by atoms with E-state index in [0.29, 0.717) is 35.7 Å². The van der Waals surface area contributed by atoms with Crippen molar-refractivity contribution in [1.82, 2.24) is 0 Å². The van der Waals surface area contributed by atoms with Crippen molar-refractivity contribution < 1.29 is 59.7 Å². The van der Waals surface area contributed by atoms with Crippen LogP contribution in [0.4, 0.5) is 0 Å². The van der Waals surface area contributed by atoms with E-state index in [1.165, 1.54) is 0 Å². The number of allylic oxidation sites excluding steroid dienone is 6. The standard InChI is InChI=1S/C70H142O13Si6/c1-31-84(32-2,33-3)78-63(57(19)20)72-51-69(52-73-64(58(21)22)79-85(34-4,35-5)36-6,53-74-65(59(23)24)80-86(37-7,38-8)39-9)49-71-50-70(54-75-66(60(25)26)81-87(40-10,41-11)42-12,55-76-67(61(27)28)82-88(43-13,44-14)45-15)56-77-68(62(29)30)83-89(46-16,47-17)48-18/h31-56H2,1-30H3. The van der Waals surface area contributed by atoms with Gasteiger partial charge in [0.05, 0.1) is 24.0 Å². The first kappa shape index (κ1) is 86.3. The zero-order valence-corrected chi connectivity index (χ0v) is 69.7. The van der Waals surface area contributed by atoms with Crippen LogP contribution in [0.1, 0.15) is 208 Å². The number of hydrogen-bond acceptors (Lipinski definition) is 13. The van der Waals surface area contributed by atoms with Gasteiger partial charge in [-0.25, -0.2) is 0 Å². The first-order chi connectivity index (χ1) is 41.9. The van der Waals surface area contributed by atoms with Crippen LogP contribution in [0.25, 0.3) is 0 Å². The van der Waals surface area contributed by atoms with Crippen molar-refractivity contribution in [3.05, 3.63) is 69.1 Å². The van der Waals surface area contributed by atoms with Crippen molar-refractivity contribution in [2.45, 2.75) is 317 Å². The minimum absolute atomic E-state index is 0.112. The summed E-state index contributed by atoms with van der Waals surface area (Å²) in [5.74, 6) is 3.32. The van der Waals surface area contributed by atoms with Crippen LogP contribution in [-0.4, -0.2) is 103 Å². The minimum Gasteiger partial charge on any atom is -0.519 e. The van der Waals surface area contributed by atoms with E-state index in [1.54, 1.807) is 0 Å². The van der Waals surface area contributed by atoms with E-state index in [9.17, 15) is 0 Å². The third-order valence-corrected chi connectivity index (χ3v) is 46.7. The molecular weight excluding hydrogens is 1220 g/mol. The van der Waals surface area contributed by atoms with Crippen molar-refractivity contribution in [2.75, 3.05) is 52.9 Å².